The Kier molecular flexibility index (Phi) is 5.78. The van der Waals surface area contributed by atoms with Crippen molar-refractivity contribution in [1.82, 2.24) is 5.32 Å². The first kappa shape index (κ1) is 15.5. The number of thioether (sulfide) groups is 1. The second-order valence-electron chi connectivity index (χ2n) is 4.64. The van der Waals surface area contributed by atoms with E-state index < -0.39 is 0 Å². The van der Waals surface area contributed by atoms with Gasteiger partial charge in [0.25, 0.3) is 5.69 Å². The van der Waals surface area contributed by atoms with Crippen LogP contribution in [-0.2, 0) is 12.3 Å². The maximum absolute atomic E-state index is 10.8. The molecule has 0 unspecified atom stereocenters. The number of nitrogens with zero attached hydrogens (tertiary/aromatic N) is 1. The number of rotatable bonds is 7. The summed E-state index contributed by atoms with van der Waals surface area (Å²) in [6.45, 7) is 3.90. The van der Waals surface area contributed by atoms with Crippen LogP contribution in [0.1, 0.15) is 18.1 Å². The number of nitrogens with one attached hydrogen (secondary N) is 1. The lowest BCUT2D eigenvalue weighted by Crippen LogP contribution is -2.11. The third-order valence-electron chi connectivity index (χ3n) is 3.00. The summed E-state index contributed by atoms with van der Waals surface area (Å²) in [5, 5.41) is 14.1. The summed E-state index contributed by atoms with van der Waals surface area (Å²) in [5.41, 5.74) is 2.36. The van der Waals surface area contributed by atoms with E-state index in [2.05, 4.69) is 30.4 Å². The molecule has 4 nitrogen and oxygen atoms in total. The third kappa shape index (κ3) is 4.88. The second-order valence-corrected chi connectivity index (χ2v) is 5.69. The fraction of sp³-hybridized carbons (Fsp3) is 0.250. The minimum absolute atomic E-state index is 0.147. The molecule has 0 spiro atoms. The van der Waals surface area contributed by atoms with E-state index in [-0.39, 0.29) is 10.6 Å². The molecule has 0 aromatic heterocycles. The molecule has 0 radical (unpaired) electrons. The molecule has 2 rings (SSSR count). The molecule has 1 N–H and O–H groups in total. The zero-order valence-electron chi connectivity index (χ0n) is 11.9. The van der Waals surface area contributed by atoms with Crippen molar-refractivity contribution < 1.29 is 4.92 Å². The van der Waals surface area contributed by atoms with Crippen LogP contribution in [0.25, 0.3) is 0 Å². The molecule has 0 atom stereocenters. The summed E-state index contributed by atoms with van der Waals surface area (Å²) < 4.78 is 0. The molecule has 2 aromatic carbocycles. The van der Waals surface area contributed by atoms with E-state index in [0.29, 0.717) is 0 Å². The highest BCUT2D eigenvalue weighted by atomic mass is 32.2. The van der Waals surface area contributed by atoms with Crippen LogP contribution in [0.5, 0.6) is 0 Å². The second kappa shape index (κ2) is 7.81. The van der Waals surface area contributed by atoms with Gasteiger partial charge in [0.15, 0.2) is 0 Å². The molecule has 0 aliphatic carbocycles. The van der Waals surface area contributed by atoms with Gasteiger partial charge in [0, 0.05) is 29.3 Å². The van der Waals surface area contributed by atoms with Gasteiger partial charge in [-0.2, -0.15) is 0 Å². The van der Waals surface area contributed by atoms with Crippen molar-refractivity contribution in [2.75, 3.05) is 6.54 Å². The minimum Gasteiger partial charge on any atom is -0.313 e. The monoisotopic (exact) mass is 302 g/mol. The highest BCUT2D eigenvalue weighted by Crippen LogP contribution is 2.25. The van der Waals surface area contributed by atoms with Crippen molar-refractivity contribution in [2.45, 2.75) is 24.1 Å². The molecule has 5 heteroatoms. The van der Waals surface area contributed by atoms with E-state index in [1.807, 2.05) is 12.1 Å². The molecule has 2 aromatic rings. The predicted molar refractivity (Wildman–Crippen MR) is 86.5 cm³/mol. The highest BCUT2D eigenvalue weighted by Gasteiger charge is 2.06. The van der Waals surface area contributed by atoms with Crippen molar-refractivity contribution in [3.63, 3.8) is 0 Å². The molecule has 0 aliphatic heterocycles. The first-order valence-electron chi connectivity index (χ1n) is 6.85. The van der Waals surface area contributed by atoms with Crippen LogP contribution >= 0.6 is 11.8 Å². The van der Waals surface area contributed by atoms with Gasteiger partial charge in [0.1, 0.15) is 0 Å². The van der Waals surface area contributed by atoms with E-state index in [1.165, 1.54) is 16.5 Å². The Morgan fingerprint density at radius 2 is 1.90 bits per heavy atom. The predicted octanol–water partition coefficient (Wildman–Crippen LogP) is 4.00. The average Bonchev–Trinajstić information content (AvgIpc) is 2.51. The lowest BCUT2D eigenvalue weighted by Gasteiger charge is -2.06. The van der Waals surface area contributed by atoms with Gasteiger partial charge < -0.3 is 5.32 Å². The Morgan fingerprint density at radius 1 is 1.14 bits per heavy atom. The molecule has 0 fully saturated rings. The van der Waals surface area contributed by atoms with Crippen LogP contribution in [0.15, 0.2) is 53.4 Å². The SMILES string of the molecule is CCNCc1cccc(SCc2cccc([N+](=O)[O-])c2)c1. The summed E-state index contributed by atoms with van der Waals surface area (Å²) in [6.07, 6.45) is 0. The van der Waals surface area contributed by atoms with Crippen molar-refractivity contribution in [2.24, 2.45) is 0 Å². The third-order valence-corrected chi connectivity index (χ3v) is 4.07. The van der Waals surface area contributed by atoms with E-state index in [0.717, 1.165) is 24.4 Å². The zero-order chi connectivity index (χ0) is 15.1. The quantitative estimate of drug-likeness (QED) is 0.477. The van der Waals surface area contributed by atoms with Gasteiger partial charge in [-0.25, -0.2) is 0 Å². The number of nitro benzene ring substituents is 1. The molecule has 0 heterocycles. The molecule has 110 valence electrons. The van der Waals surface area contributed by atoms with E-state index in [9.17, 15) is 10.1 Å². The van der Waals surface area contributed by atoms with E-state index in [1.54, 1.807) is 23.9 Å². The van der Waals surface area contributed by atoms with Gasteiger partial charge >= 0.3 is 0 Å². The Morgan fingerprint density at radius 3 is 2.67 bits per heavy atom. The standard InChI is InChI=1S/C16H18N2O2S/c1-2-17-11-13-5-4-8-16(10-13)21-12-14-6-3-7-15(9-14)18(19)20/h3-10,17H,2,11-12H2,1H3. The normalized spacial score (nSPS) is 10.5. The molecule has 0 aliphatic rings. The van der Waals surface area contributed by atoms with Gasteiger partial charge in [-0.1, -0.05) is 31.2 Å². The Hall–Kier alpha value is -1.85. The number of benzene rings is 2. The van der Waals surface area contributed by atoms with Crippen LogP contribution in [0.3, 0.4) is 0 Å². The first-order chi connectivity index (χ1) is 10.2. The Balaban J connectivity index is 1.99. The van der Waals surface area contributed by atoms with Gasteiger partial charge in [-0.15, -0.1) is 11.8 Å². The van der Waals surface area contributed by atoms with E-state index in [4.69, 9.17) is 0 Å². The maximum Gasteiger partial charge on any atom is 0.269 e. The lowest BCUT2D eigenvalue weighted by molar-refractivity contribution is -0.384. The van der Waals surface area contributed by atoms with Crippen molar-refractivity contribution >= 4 is 17.4 Å². The van der Waals surface area contributed by atoms with Gasteiger partial charge in [-0.05, 0) is 29.8 Å². The molecule has 0 bridgehead atoms. The van der Waals surface area contributed by atoms with Crippen LogP contribution < -0.4 is 5.32 Å². The summed E-state index contributed by atoms with van der Waals surface area (Å²) in [7, 11) is 0. The number of nitro groups is 1. The van der Waals surface area contributed by atoms with Crippen molar-refractivity contribution in [3.8, 4) is 0 Å². The smallest absolute Gasteiger partial charge is 0.269 e. The number of non-ortho nitro benzene ring substituents is 1. The lowest BCUT2D eigenvalue weighted by atomic mass is 10.2. The fourth-order valence-corrected chi connectivity index (χ4v) is 2.86. The van der Waals surface area contributed by atoms with Gasteiger partial charge in [0.05, 0.1) is 4.92 Å². The number of hydrogen-bond donors (Lipinski definition) is 1. The summed E-state index contributed by atoms with van der Waals surface area (Å²) >= 11 is 1.69. The molecule has 0 saturated carbocycles. The summed E-state index contributed by atoms with van der Waals surface area (Å²) in [6, 6.07) is 15.2. The summed E-state index contributed by atoms with van der Waals surface area (Å²) in [5.74, 6) is 0.729. The number of hydrogen-bond acceptors (Lipinski definition) is 4. The van der Waals surface area contributed by atoms with Crippen LogP contribution in [0.2, 0.25) is 0 Å². The van der Waals surface area contributed by atoms with E-state index >= 15 is 0 Å². The topological polar surface area (TPSA) is 55.2 Å². The van der Waals surface area contributed by atoms with Crippen LogP contribution in [0.4, 0.5) is 5.69 Å². The molecule has 0 amide bonds. The van der Waals surface area contributed by atoms with Crippen molar-refractivity contribution in [3.05, 3.63) is 69.8 Å². The summed E-state index contributed by atoms with van der Waals surface area (Å²) in [4.78, 5) is 11.6. The molecular formula is C16H18N2O2S. The molecule has 21 heavy (non-hydrogen) atoms. The van der Waals surface area contributed by atoms with Gasteiger partial charge in [-0.3, -0.25) is 10.1 Å². The first-order valence-corrected chi connectivity index (χ1v) is 7.83. The van der Waals surface area contributed by atoms with Crippen LogP contribution in [0, 0.1) is 10.1 Å². The zero-order valence-corrected chi connectivity index (χ0v) is 12.7. The fourth-order valence-electron chi connectivity index (χ4n) is 1.94. The highest BCUT2D eigenvalue weighted by molar-refractivity contribution is 7.98. The Bertz CT molecular complexity index is 617. The largest absolute Gasteiger partial charge is 0.313 e. The maximum atomic E-state index is 10.8. The van der Waals surface area contributed by atoms with Gasteiger partial charge in [0.2, 0.25) is 0 Å². The molecular weight excluding hydrogens is 284 g/mol. The average molecular weight is 302 g/mol. The Labute approximate surface area is 128 Å². The van der Waals surface area contributed by atoms with Crippen molar-refractivity contribution in [1.29, 1.82) is 0 Å². The molecule has 0 saturated heterocycles. The minimum atomic E-state index is -0.356. The van der Waals surface area contributed by atoms with Crippen LogP contribution in [-0.4, -0.2) is 11.5 Å².